The molecule has 0 radical (unpaired) electrons. The fourth-order valence-electron chi connectivity index (χ4n) is 1.67. The Labute approximate surface area is 103 Å². The van der Waals surface area contributed by atoms with Gasteiger partial charge in [-0.3, -0.25) is 0 Å². The summed E-state index contributed by atoms with van der Waals surface area (Å²) in [4.78, 5) is 6.72. The normalized spacial score (nSPS) is 10.5. The summed E-state index contributed by atoms with van der Waals surface area (Å²) in [6.45, 7) is 6.73. The molecule has 0 bridgehead atoms. The van der Waals surface area contributed by atoms with Crippen molar-refractivity contribution in [3.8, 4) is 0 Å². The standard InChI is InChI=1S/C12H20ClN3/c1-3-7-16(8-4-2)12-11(13)6-5-10(9-14)15-12/h5-6H,3-4,7-9,14H2,1-2H3. The highest BCUT2D eigenvalue weighted by Crippen LogP contribution is 2.24. The van der Waals surface area contributed by atoms with Crippen molar-refractivity contribution in [1.29, 1.82) is 0 Å². The maximum absolute atomic E-state index is 6.17. The summed E-state index contributed by atoms with van der Waals surface area (Å²) in [6, 6.07) is 3.76. The van der Waals surface area contributed by atoms with E-state index in [1.165, 1.54) is 0 Å². The molecule has 0 unspecified atom stereocenters. The third-order valence-electron chi connectivity index (χ3n) is 2.38. The predicted octanol–water partition coefficient (Wildman–Crippen LogP) is 2.82. The molecule has 3 nitrogen and oxygen atoms in total. The summed E-state index contributed by atoms with van der Waals surface area (Å²) in [5.74, 6) is 0.869. The number of pyridine rings is 1. The SMILES string of the molecule is CCCN(CCC)c1nc(CN)ccc1Cl. The molecule has 0 saturated heterocycles. The number of nitrogens with two attached hydrogens (primary N) is 1. The van der Waals surface area contributed by atoms with Gasteiger partial charge in [0.1, 0.15) is 5.82 Å². The van der Waals surface area contributed by atoms with Gasteiger partial charge in [-0.15, -0.1) is 0 Å². The Morgan fingerprint density at radius 1 is 1.25 bits per heavy atom. The van der Waals surface area contributed by atoms with Gasteiger partial charge in [-0.2, -0.15) is 0 Å². The first-order valence-electron chi connectivity index (χ1n) is 5.83. The first-order valence-corrected chi connectivity index (χ1v) is 6.21. The minimum Gasteiger partial charge on any atom is -0.355 e. The average molecular weight is 242 g/mol. The molecular formula is C12H20ClN3. The van der Waals surface area contributed by atoms with Gasteiger partial charge in [-0.1, -0.05) is 25.4 Å². The van der Waals surface area contributed by atoms with Gasteiger partial charge >= 0.3 is 0 Å². The van der Waals surface area contributed by atoms with Gasteiger partial charge in [-0.05, 0) is 25.0 Å². The zero-order valence-corrected chi connectivity index (χ0v) is 10.8. The Balaban J connectivity index is 2.96. The van der Waals surface area contributed by atoms with Crippen LogP contribution in [0.5, 0.6) is 0 Å². The topological polar surface area (TPSA) is 42.2 Å². The third kappa shape index (κ3) is 3.35. The van der Waals surface area contributed by atoms with Crippen molar-refractivity contribution in [3.63, 3.8) is 0 Å². The molecule has 90 valence electrons. The van der Waals surface area contributed by atoms with Gasteiger partial charge in [0.2, 0.25) is 0 Å². The zero-order valence-electron chi connectivity index (χ0n) is 10.0. The molecule has 0 saturated carbocycles. The van der Waals surface area contributed by atoms with E-state index in [4.69, 9.17) is 17.3 Å². The van der Waals surface area contributed by atoms with Crippen LogP contribution in [0.3, 0.4) is 0 Å². The molecule has 0 fully saturated rings. The lowest BCUT2D eigenvalue weighted by molar-refractivity contribution is 0.731. The molecule has 0 spiro atoms. The number of halogens is 1. The fraction of sp³-hybridized carbons (Fsp3) is 0.583. The van der Waals surface area contributed by atoms with Crippen LogP contribution in [0.4, 0.5) is 5.82 Å². The fourth-order valence-corrected chi connectivity index (χ4v) is 1.89. The monoisotopic (exact) mass is 241 g/mol. The van der Waals surface area contributed by atoms with Crippen molar-refractivity contribution in [3.05, 3.63) is 22.8 Å². The van der Waals surface area contributed by atoms with E-state index in [1.54, 1.807) is 0 Å². The van der Waals surface area contributed by atoms with Crippen LogP contribution in [-0.2, 0) is 6.54 Å². The van der Waals surface area contributed by atoms with Gasteiger partial charge in [0.25, 0.3) is 0 Å². The lowest BCUT2D eigenvalue weighted by atomic mass is 10.3. The molecule has 1 rings (SSSR count). The van der Waals surface area contributed by atoms with Crippen molar-refractivity contribution in [2.75, 3.05) is 18.0 Å². The van der Waals surface area contributed by atoms with Crippen LogP contribution in [0.1, 0.15) is 32.4 Å². The minimum absolute atomic E-state index is 0.455. The summed E-state index contributed by atoms with van der Waals surface area (Å²) in [5, 5.41) is 0.708. The van der Waals surface area contributed by atoms with Crippen molar-refractivity contribution in [1.82, 2.24) is 4.98 Å². The van der Waals surface area contributed by atoms with Crippen molar-refractivity contribution < 1.29 is 0 Å². The molecule has 16 heavy (non-hydrogen) atoms. The van der Waals surface area contributed by atoms with E-state index < -0.39 is 0 Å². The van der Waals surface area contributed by atoms with Crippen LogP contribution < -0.4 is 10.6 Å². The molecule has 0 aliphatic rings. The molecule has 0 aliphatic carbocycles. The second-order valence-electron chi connectivity index (χ2n) is 3.80. The Morgan fingerprint density at radius 3 is 2.38 bits per heavy atom. The van der Waals surface area contributed by atoms with Gasteiger partial charge in [-0.25, -0.2) is 4.98 Å². The summed E-state index contributed by atoms with van der Waals surface area (Å²) in [5.41, 5.74) is 6.48. The van der Waals surface area contributed by atoms with Gasteiger partial charge < -0.3 is 10.6 Å². The Morgan fingerprint density at radius 2 is 1.88 bits per heavy atom. The molecule has 0 amide bonds. The summed E-state index contributed by atoms with van der Waals surface area (Å²) in [7, 11) is 0. The summed E-state index contributed by atoms with van der Waals surface area (Å²) in [6.07, 6.45) is 2.18. The molecule has 0 aliphatic heterocycles. The zero-order chi connectivity index (χ0) is 12.0. The summed E-state index contributed by atoms with van der Waals surface area (Å²) >= 11 is 6.17. The predicted molar refractivity (Wildman–Crippen MR) is 69.9 cm³/mol. The van der Waals surface area contributed by atoms with Crippen LogP contribution in [0.25, 0.3) is 0 Å². The van der Waals surface area contributed by atoms with Crippen molar-refractivity contribution in [2.24, 2.45) is 5.73 Å². The quantitative estimate of drug-likeness (QED) is 0.833. The molecular weight excluding hydrogens is 222 g/mol. The number of aromatic nitrogens is 1. The third-order valence-corrected chi connectivity index (χ3v) is 2.68. The van der Waals surface area contributed by atoms with Crippen molar-refractivity contribution >= 4 is 17.4 Å². The van der Waals surface area contributed by atoms with Gasteiger partial charge in [0, 0.05) is 19.6 Å². The largest absolute Gasteiger partial charge is 0.355 e. The minimum atomic E-state index is 0.455. The van der Waals surface area contributed by atoms with Crippen molar-refractivity contribution in [2.45, 2.75) is 33.2 Å². The number of hydrogen-bond acceptors (Lipinski definition) is 3. The van der Waals surface area contributed by atoms with Crippen LogP contribution in [0, 0.1) is 0 Å². The van der Waals surface area contributed by atoms with E-state index >= 15 is 0 Å². The molecule has 0 aromatic carbocycles. The highest BCUT2D eigenvalue weighted by Gasteiger charge is 2.11. The maximum Gasteiger partial charge on any atom is 0.147 e. The maximum atomic E-state index is 6.17. The number of rotatable bonds is 6. The second kappa shape index (κ2) is 6.71. The van der Waals surface area contributed by atoms with Gasteiger partial charge in [0.15, 0.2) is 0 Å². The molecule has 1 aromatic rings. The summed E-state index contributed by atoms with van der Waals surface area (Å²) < 4.78 is 0. The molecule has 4 heteroatoms. The Kier molecular flexibility index (Phi) is 5.56. The number of anilines is 1. The van der Waals surface area contributed by atoms with E-state index in [9.17, 15) is 0 Å². The average Bonchev–Trinajstić information content (AvgIpc) is 2.29. The van der Waals surface area contributed by atoms with Crippen LogP contribution in [0.15, 0.2) is 12.1 Å². The van der Waals surface area contributed by atoms with Crippen LogP contribution in [0.2, 0.25) is 5.02 Å². The second-order valence-corrected chi connectivity index (χ2v) is 4.21. The van der Waals surface area contributed by atoms with E-state index in [2.05, 4.69) is 23.7 Å². The van der Waals surface area contributed by atoms with Crippen LogP contribution in [-0.4, -0.2) is 18.1 Å². The van der Waals surface area contributed by atoms with E-state index in [0.29, 0.717) is 11.6 Å². The molecule has 0 atom stereocenters. The first-order chi connectivity index (χ1) is 7.72. The Hall–Kier alpha value is -0.800. The first kappa shape index (κ1) is 13.3. The lowest BCUT2D eigenvalue weighted by Gasteiger charge is -2.24. The molecule has 2 N–H and O–H groups in total. The molecule has 1 heterocycles. The Bertz CT molecular complexity index is 322. The van der Waals surface area contributed by atoms with E-state index in [0.717, 1.165) is 37.4 Å². The van der Waals surface area contributed by atoms with Crippen LogP contribution >= 0.6 is 11.6 Å². The molecule has 1 aromatic heterocycles. The smallest absolute Gasteiger partial charge is 0.147 e. The highest BCUT2D eigenvalue weighted by molar-refractivity contribution is 6.32. The number of hydrogen-bond donors (Lipinski definition) is 1. The number of nitrogens with zero attached hydrogens (tertiary/aromatic N) is 2. The van der Waals surface area contributed by atoms with Gasteiger partial charge in [0.05, 0.1) is 10.7 Å². The lowest BCUT2D eigenvalue weighted by Crippen LogP contribution is -2.26. The highest BCUT2D eigenvalue weighted by atomic mass is 35.5. The van der Waals surface area contributed by atoms with E-state index in [-0.39, 0.29) is 0 Å². The van der Waals surface area contributed by atoms with E-state index in [1.807, 2.05) is 12.1 Å².